The van der Waals surface area contributed by atoms with Crippen molar-refractivity contribution >= 4 is 26.7 Å². The van der Waals surface area contributed by atoms with Crippen molar-refractivity contribution in [2.24, 2.45) is 11.7 Å². The topological polar surface area (TPSA) is 64.9 Å². The molecule has 0 spiro atoms. The SMILES string of the molecule is CC1Cc2cc3nc(N)sc3cc2C1.CCN. The number of fused-ring (bicyclic) bond motifs is 2. The predicted molar refractivity (Wildman–Crippen MR) is 75.3 cm³/mol. The Kier molecular flexibility index (Phi) is 3.64. The molecule has 0 radical (unpaired) electrons. The van der Waals surface area contributed by atoms with Crippen LogP contribution in [0.25, 0.3) is 10.2 Å². The van der Waals surface area contributed by atoms with Crippen LogP contribution < -0.4 is 11.5 Å². The minimum absolute atomic E-state index is 0.678. The quantitative estimate of drug-likeness (QED) is 0.754. The van der Waals surface area contributed by atoms with Gasteiger partial charge in [-0.3, -0.25) is 0 Å². The first-order valence-corrected chi connectivity index (χ1v) is 6.83. The van der Waals surface area contributed by atoms with Crippen molar-refractivity contribution in [3.63, 3.8) is 0 Å². The van der Waals surface area contributed by atoms with E-state index in [4.69, 9.17) is 11.5 Å². The van der Waals surface area contributed by atoms with E-state index in [1.807, 2.05) is 6.92 Å². The summed E-state index contributed by atoms with van der Waals surface area (Å²) in [5, 5.41) is 0.678. The number of benzene rings is 1. The van der Waals surface area contributed by atoms with Crippen molar-refractivity contribution in [2.45, 2.75) is 26.7 Å². The second kappa shape index (κ2) is 5.02. The Morgan fingerprint density at radius 3 is 2.59 bits per heavy atom. The van der Waals surface area contributed by atoms with E-state index in [1.54, 1.807) is 11.3 Å². The Bertz CT molecular complexity index is 476. The standard InChI is InChI=1S/C11H12N2S.C2H7N/c1-6-2-7-4-9-10(5-8(7)3-6)14-11(12)13-9;1-2-3/h4-6H,2-3H2,1H3,(H2,12,13);2-3H2,1H3. The fourth-order valence-corrected chi connectivity index (χ4v) is 3.06. The maximum atomic E-state index is 5.68. The maximum absolute atomic E-state index is 5.68. The predicted octanol–water partition coefficient (Wildman–Crippen LogP) is 2.58. The zero-order valence-corrected chi connectivity index (χ0v) is 11.2. The summed E-state index contributed by atoms with van der Waals surface area (Å²) >= 11 is 1.59. The lowest BCUT2D eigenvalue weighted by atomic mass is 10.1. The van der Waals surface area contributed by atoms with Gasteiger partial charge in [-0.15, -0.1) is 0 Å². The van der Waals surface area contributed by atoms with Crippen LogP contribution >= 0.6 is 11.3 Å². The van der Waals surface area contributed by atoms with E-state index in [2.05, 4.69) is 24.0 Å². The molecule has 92 valence electrons. The molecule has 1 aliphatic rings. The first-order valence-electron chi connectivity index (χ1n) is 6.02. The Labute approximate surface area is 106 Å². The van der Waals surface area contributed by atoms with E-state index in [9.17, 15) is 0 Å². The van der Waals surface area contributed by atoms with Gasteiger partial charge in [0, 0.05) is 0 Å². The number of aromatic nitrogens is 1. The van der Waals surface area contributed by atoms with Crippen LogP contribution in [-0.2, 0) is 12.8 Å². The second-order valence-corrected chi connectivity index (χ2v) is 5.62. The molecule has 3 rings (SSSR count). The number of nitrogens with two attached hydrogens (primary N) is 2. The molecule has 1 heterocycles. The van der Waals surface area contributed by atoms with Crippen molar-refractivity contribution in [1.82, 2.24) is 4.98 Å². The lowest BCUT2D eigenvalue weighted by Crippen LogP contribution is -1.89. The van der Waals surface area contributed by atoms with Crippen molar-refractivity contribution in [2.75, 3.05) is 12.3 Å². The van der Waals surface area contributed by atoms with Crippen LogP contribution in [0.5, 0.6) is 0 Å². The molecule has 0 aliphatic heterocycles. The largest absolute Gasteiger partial charge is 0.375 e. The number of hydrogen-bond acceptors (Lipinski definition) is 4. The van der Waals surface area contributed by atoms with E-state index in [1.165, 1.54) is 28.7 Å². The van der Waals surface area contributed by atoms with Gasteiger partial charge in [0.15, 0.2) is 5.13 Å². The van der Waals surface area contributed by atoms with Crippen LogP contribution in [-0.4, -0.2) is 11.5 Å². The number of hydrogen-bond donors (Lipinski definition) is 2. The van der Waals surface area contributed by atoms with E-state index in [0.29, 0.717) is 5.13 Å². The summed E-state index contributed by atoms with van der Waals surface area (Å²) in [4.78, 5) is 4.31. The van der Waals surface area contributed by atoms with Crippen LogP contribution in [0.2, 0.25) is 0 Å². The van der Waals surface area contributed by atoms with Gasteiger partial charge < -0.3 is 11.5 Å². The Balaban J connectivity index is 0.000000329. The molecule has 4 heteroatoms. The average Bonchev–Trinajstić information content (AvgIpc) is 2.74. The fourth-order valence-electron chi connectivity index (χ4n) is 2.28. The third-order valence-corrected chi connectivity index (χ3v) is 3.71. The van der Waals surface area contributed by atoms with E-state index in [0.717, 1.165) is 18.0 Å². The van der Waals surface area contributed by atoms with E-state index < -0.39 is 0 Å². The van der Waals surface area contributed by atoms with Gasteiger partial charge in [0.2, 0.25) is 0 Å². The molecule has 1 aliphatic carbocycles. The summed E-state index contributed by atoms with van der Waals surface area (Å²) in [6.45, 7) is 4.95. The van der Waals surface area contributed by atoms with E-state index >= 15 is 0 Å². The minimum Gasteiger partial charge on any atom is -0.375 e. The summed E-state index contributed by atoms with van der Waals surface area (Å²) in [7, 11) is 0. The zero-order valence-electron chi connectivity index (χ0n) is 10.4. The normalized spacial score (nSPS) is 17.7. The molecule has 1 unspecified atom stereocenters. The number of nitrogens with zero attached hydrogens (tertiary/aromatic N) is 1. The second-order valence-electron chi connectivity index (χ2n) is 4.56. The zero-order chi connectivity index (χ0) is 12.4. The molecule has 0 amide bonds. The molecule has 17 heavy (non-hydrogen) atoms. The molecule has 0 saturated heterocycles. The van der Waals surface area contributed by atoms with Gasteiger partial charge >= 0.3 is 0 Å². The molecule has 0 saturated carbocycles. The number of thiazole rings is 1. The molecule has 4 N–H and O–H groups in total. The van der Waals surface area contributed by atoms with E-state index in [-0.39, 0.29) is 0 Å². The summed E-state index contributed by atoms with van der Waals surface area (Å²) in [6.07, 6.45) is 2.41. The molecular weight excluding hydrogens is 230 g/mol. The number of rotatable bonds is 0. The summed E-state index contributed by atoms with van der Waals surface area (Å²) in [5.41, 5.74) is 14.6. The van der Waals surface area contributed by atoms with Crippen LogP contribution in [0.3, 0.4) is 0 Å². The van der Waals surface area contributed by atoms with Crippen molar-refractivity contribution in [1.29, 1.82) is 0 Å². The van der Waals surface area contributed by atoms with Crippen molar-refractivity contribution < 1.29 is 0 Å². The molecule has 2 aromatic rings. The van der Waals surface area contributed by atoms with Gasteiger partial charge in [0.1, 0.15) is 0 Å². The van der Waals surface area contributed by atoms with Gasteiger partial charge in [-0.1, -0.05) is 25.2 Å². The molecule has 0 fully saturated rings. The monoisotopic (exact) mass is 249 g/mol. The lowest BCUT2D eigenvalue weighted by molar-refractivity contribution is 0.628. The summed E-state index contributed by atoms with van der Waals surface area (Å²) in [6, 6.07) is 4.48. The van der Waals surface area contributed by atoms with Crippen LogP contribution in [0.15, 0.2) is 12.1 Å². The van der Waals surface area contributed by atoms with Gasteiger partial charge in [-0.25, -0.2) is 4.98 Å². The van der Waals surface area contributed by atoms with Gasteiger partial charge in [0.25, 0.3) is 0 Å². The highest BCUT2D eigenvalue weighted by Gasteiger charge is 2.18. The fraction of sp³-hybridized carbons (Fsp3) is 0.462. The van der Waals surface area contributed by atoms with Gasteiger partial charge in [-0.2, -0.15) is 0 Å². The third kappa shape index (κ3) is 2.58. The molecule has 1 atom stereocenters. The first-order chi connectivity index (χ1) is 8.13. The lowest BCUT2D eigenvalue weighted by Gasteiger charge is -1.96. The molecule has 0 bridgehead atoms. The highest BCUT2D eigenvalue weighted by atomic mass is 32.1. The number of nitrogen functional groups attached to an aromatic ring is 1. The Morgan fingerprint density at radius 2 is 1.94 bits per heavy atom. The molecular formula is C13H19N3S. The third-order valence-electron chi connectivity index (χ3n) is 2.86. The van der Waals surface area contributed by atoms with Crippen LogP contribution in [0.1, 0.15) is 25.0 Å². The van der Waals surface area contributed by atoms with Gasteiger partial charge in [-0.05, 0) is 48.6 Å². The minimum atomic E-state index is 0.678. The molecule has 1 aromatic carbocycles. The average molecular weight is 249 g/mol. The van der Waals surface area contributed by atoms with Crippen molar-refractivity contribution in [3.05, 3.63) is 23.3 Å². The van der Waals surface area contributed by atoms with Crippen LogP contribution in [0, 0.1) is 5.92 Å². The van der Waals surface area contributed by atoms with Crippen LogP contribution in [0.4, 0.5) is 5.13 Å². The maximum Gasteiger partial charge on any atom is 0.181 e. The first kappa shape index (κ1) is 12.3. The highest BCUT2D eigenvalue weighted by Crippen LogP contribution is 2.33. The Morgan fingerprint density at radius 1 is 1.35 bits per heavy atom. The smallest absolute Gasteiger partial charge is 0.181 e. The molecule has 1 aromatic heterocycles. The Hall–Kier alpha value is -1.13. The summed E-state index contributed by atoms with van der Waals surface area (Å²) in [5.74, 6) is 0.791. The molecule has 3 nitrogen and oxygen atoms in total. The van der Waals surface area contributed by atoms with Gasteiger partial charge in [0.05, 0.1) is 10.2 Å². The number of anilines is 1. The van der Waals surface area contributed by atoms with Crippen molar-refractivity contribution in [3.8, 4) is 0 Å². The summed E-state index contributed by atoms with van der Waals surface area (Å²) < 4.78 is 1.23. The highest BCUT2D eigenvalue weighted by molar-refractivity contribution is 7.22.